The van der Waals surface area contributed by atoms with Crippen molar-refractivity contribution in [3.05, 3.63) is 0 Å². The molecule has 2 aliphatic rings. The van der Waals surface area contributed by atoms with Crippen molar-refractivity contribution < 1.29 is 9.90 Å². The summed E-state index contributed by atoms with van der Waals surface area (Å²) < 4.78 is 0. The van der Waals surface area contributed by atoms with Gasteiger partial charge in [0, 0.05) is 12.1 Å². The average Bonchev–Trinajstić information content (AvgIpc) is 2.26. The monoisotopic (exact) mass is 240 g/mol. The van der Waals surface area contributed by atoms with E-state index < -0.39 is 5.97 Å². The summed E-state index contributed by atoms with van der Waals surface area (Å²) in [6.45, 7) is 5.75. The van der Waals surface area contributed by atoms with E-state index in [0.717, 1.165) is 25.9 Å². The maximum Gasteiger partial charge on any atom is 0.308 e. The molecule has 1 saturated heterocycles. The molecular formula is C13H24N2O2. The van der Waals surface area contributed by atoms with Crippen molar-refractivity contribution in [3.8, 4) is 0 Å². The molecule has 1 aliphatic heterocycles. The number of hydrogen-bond donors (Lipinski definition) is 2. The van der Waals surface area contributed by atoms with Crippen LogP contribution >= 0.6 is 0 Å². The molecular weight excluding hydrogens is 216 g/mol. The smallest absolute Gasteiger partial charge is 0.308 e. The molecule has 0 aromatic rings. The number of carboxylic acids is 1. The van der Waals surface area contributed by atoms with E-state index >= 15 is 0 Å². The molecule has 0 bridgehead atoms. The second-order valence-corrected chi connectivity index (χ2v) is 5.41. The van der Waals surface area contributed by atoms with E-state index in [1.807, 2.05) is 0 Å². The molecule has 2 N–H and O–H groups in total. The number of hydrogen-bond acceptors (Lipinski definition) is 3. The summed E-state index contributed by atoms with van der Waals surface area (Å²) >= 11 is 0. The van der Waals surface area contributed by atoms with Crippen LogP contribution in [0.4, 0.5) is 0 Å². The Bertz CT molecular complexity index is 262. The summed E-state index contributed by atoms with van der Waals surface area (Å²) in [5.74, 6) is -0.763. The van der Waals surface area contributed by atoms with Crippen LogP contribution in [-0.2, 0) is 4.79 Å². The lowest BCUT2D eigenvalue weighted by Crippen LogP contribution is -2.54. The molecule has 0 aromatic carbocycles. The van der Waals surface area contributed by atoms with Crippen LogP contribution in [0.3, 0.4) is 0 Å². The Kier molecular flexibility index (Phi) is 4.40. The fraction of sp³-hybridized carbons (Fsp3) is 0.923. The molecule has 2 rings (SSSR count). The van der Waals surface area contributed by atoms with Crippen LogP contribution in [0.25, 0.3) is 0 Å². The lowest BCUT2D eigenvalue weighted by Gasteiger charge is -2.40. The zero-order valence-electron chi connectivity index (χ0n) is 10.7. The zero-order chi connectivity index (χ0) is 12.3. The standard InChI is InChI=1S/C13H24N2O2/c1-2-7-15-8-5-10(6-9-15)14-12-4-3-11(12)13(16)17/h10-12,14H,2-9H2,1H3,(H,16,17). The second kappa shape index (κ2) is 5.83. The Morgan fingerprint density at radius 3 is 2.47 bits per heavy atom. The molecule has 1 heterocycles. The van der Waals surface area contributed by atoms with Crippen molar-refractivity contribution in [1.29, 1.82) is 0 Å². The van der Waals surface area contributed by atoms with Crippen LogP contribution in [0, 0.1) is 5.92 Å². The molecule has 17 heavy (non-hydrogen) atoms. The van der Waals surface area contributed by atoms with Gasteiger partial charge >= 0.3 is 5.97 Å². The highest BCUT2D eigenvalue weighted by Gasteiger charge is 2.37. The molecule has 1 saturated carbocycles. The van der Waals surface area contributed by atoms with Crippen LogP contribution in [-0.4, -0.2) is 47.7 Å². The third-order valence-corrected chi connectivity index (χ3v) is 4.17. The van der Waals surface area contributed by atoms with Gasteiger partial charge in [-0.25, -0.2) is 0 Å². The molecule has 0 aromatic heterocycles. The molecule has 98 valence electrons. The number of carbonyl (C=O) groups is 1. The fourth-order valence-electron chi connectivity index (χ4n) is 2.94. The normalized spacial score (nSPS) is 31.1. The summed E-state index contributed by atoms with van der Waals surface area (Å²) in [7, 11) is 0. The number of nitrogens with zero attached hydrogens (tertiary/aromatic N) is 1. The number of aliphatic carboxylic acids is 1. The van der Waals surface area contributed by atoms with E-state index in [1.54, 1.807) is 0 Å². The van der Waals surface area contributed by atoms with Gasteiger partial charge < -0.3 is 15.3 Å². The molecule has 0 amide bonds. The highest BCUT2D eigenvalue weighted by Crippen LogP contribution is 2.29. The number of rotatable bonds is 5. The Morgan fingerprint density at radius 2 is 2.00 bits per heavy atom. The number of piperidine rings is 1. The third-order valence-electron chi connectivity index (χ3n) is 4.17. The number of carboxylic acid groups (broad SMARTS) is 1. The van der Waals surface area contributed by atoms with Gasteiger partial charge in [-0.3, -0.25) is 4.79 Å². The largest absolute Gasteiger partial charge is 0.481 e. The first-order valence-corrected chi connectivity index (χ1v) is 6.92. The lowest BCUT2D eigenvalue weighted by molar-refractivity contribution is -0.146. The third kappa shape index (κ3) is 3.19. The van der Waals surface area contributed by atoms with Crippen molar-refractivity contribution in [3.63, 3.8) is 0 Å². The first kappa shape index (κ1) is 12.8. The molecule has 2 fully saturated rings. The van der Waals surface area contributed by atoms with Crippen LogP contribution in [0.2, 0.25) is 0 Å². The van der Waals surface area contributed by atoms with Crippen molar-refractivity contribution >= 4 is 5.97 Å². The minimum Gasteiger partial charge on any atom is -0.481 e. The van der Waals surface area contributed by atoms with Crippen molar-refractivity contribution in [2.75, 3.05) is 19.6 Å². The average molecular weight is 240 g/mol. The zero-order valence-corrected chi connectivity index (χ0v) is 10.7. The van der Waals surface area contributed by atoms with Crippen molar-refractivity contribution in [2.24, 2.45) is 5.92 Å². The minimum atomic E-state index is -0.628. The summed E-state index contributed by atoms with van der Waals surface area (Å²) in [6, 6.07) is 0.769. The van der Waals surface area contributed by atoms with Crippen LogP contribution in [0.5, 0.6) is 0 Å². The Labute approximate surface area is 103 Å². The molecule has 1 aliphatic carbocycles. The van der Waals surface area contributed by atoms with Gasteiger partial charge in [-0.2, -0.15) is 0 Å². The lowest BCUT2D eigenvalue weighted by atomic mass is 9.79. The predicted molar refractivity (Wildman–Crippen MR) is 67.0 cm³/mol. The van der Waals surface area contributed by atoms with Gasteiger partial charge in [0.15, 0.2) is 0 Å². The van der Waals surface area contributed by atoms with Crippen molar-refractivity contribution in [1.82, 2.24) is 10.2 Å². The van der Waals surface area contributed by atoms with E-state index in [2.05, 4.69) is 17.1 Å². The van der Waals surface area contributed by atoms with Gasteiger partial charge in [0.25, 0.3) is 0 Å². The van der Waals surface area contributed by atoms with Gasteiger partial charge in [-0.15, -0.1) is 0 Å². The molecule has 2 atom stereocenters. The second-order valence-electron chi connectivity index (χ2n) is 5.41. The van der Waals surface area contributed by atoms with Gasteiger partial charge in [0.05, 0.1) is 5.92 Å². The van der Waals surface area contributed by atoms with Gasteiger partial charge in [-0.1, -0.05) is 6.92 Å². The predicted octanol–water partition coefficient (Wildman–Crippen LogP) is 1.31. The van der Waals surface area contributed by atoms with E-state index in [4.69, 9.17) is 5.11 Å². The first-order chi connectivity index (χ1) is 8.20. The highest BCUT2D eigenvalue weighted by molar-refractivity contribution is 5.72. The van der Waals surface area contributed by atoms with E-state index in [0.29, 0.717) is 6.04 Å². The molecule has 4 nitrogen and oxygen atoms in total. The maximum absolute atomic E-state index is 10.9. The quantitative estimate of drug-likeness (QED) is 0.761. The SMILES string of the molecule is CCCN1CCC(NC2CCC2C(=O)O)CC1. The highest BCUT2D eigenvalue weighted by atomic mass is 16.4. The maximum atomic E-state index is 10.9. The van der Waals surface area contributed by atoms with Crippen molar-refractivity contribution in [2.45, 2.75) is 51.1 Å². The minimum absolute atomic E-state index is 0.135. The van der Waals surface area contributed by atoms with E-state index in [-0.39, 0.29) is 12.0 Å². The summed E-state index contributed by atoms with van der Waals surface area (Å²) in [5, 5.41) is 12.5. The Balaban J connectivity index is 1.69. The Morgan fingerprint density at radius 1 is 1.29 bits per heavy atom. The van der Waals surface area contributed by atoms with Gasteiger partial charge in [0.1, 0.15) is 0 Å². The molecule has 4 heteroatoms. The molecule has 0 radical (unpaired) electrons. The summed E-state index contributed by atoms with van der Waals surface area (Å²) in [4.78, 5) is 13.4. The number of likely N-dealkylation sites (tertiary alicyclic amines) is 1. The molecule has 2 unspecified atom stereocenters. The summed E-state index contributed by atoms with van der Waals surface area (Å²) in [5.41, 5.74) is 0. The van der Waals surface area contributed by atoms with E-state index in [9.17, 15) is 4.79 Å². The van der Waals surface area contributed by atoms with Crippen LogP contribution in [0.1, 0.15) is 39.0 Å². The summed E-state index contributed by atoms with van der Waals surface area (Å²) in [6.07, 6.45) is 5.45. The van der Waals surface area contributed by atoms with Crippen LogP contribution < -0.4 is 5.32 Å². The van der Waals surface area contributed by atoms with Crippen LogP contribution in [0.15, 0.2) is 0 Å². The Hall–Kier alpha value is -0.610. The molecule has 0 spiro atoms. The fourth-order valence-corrected chi connectivity index (χ4v) is 2.94. The number of nitrogens with one attached hydrogen (secondary N) is 1. The van der Waals surface area contributed by atoms with Gasteiger partial charge in [0.2, 0.25) is 0 Å². The topological polar surface area (TPSA) is 52.6 Å². The first-order valence-electron chi connectivity index (χ1n) is 6.92. The van der Waals surface area contributed by atoms with E-state index in [1.165, 1.54) is 25.8 Å². The van der Waals surface area contributed by atoms with Gasteiger partial charge in [-0.05, 0) is 51.7 Å².